The number of nitrogens with one attached hydrogen (secondary N) is 1. The second-order valence-electron chi connectivity index (χ2n) is 5.05. The van der Waals surface area contributed by atoms with Crippen molar-refractivity contribution in [3.05, 3.63) is 63.9 Å². The molecule has 2 heterocycles. The van der Waals surface area contributed by atoms with Crippen LogP contribution in [0.5, 0.6) is 0 Å². The minimum Gasteiger partial charge on any atom is -0.319 e. The summed E-state index contributed by atoms with van der Waals surface area (Å²) in [6.45, 7) is 0.704. The van der Waals surface area contributed by atoms with E-state index in [-0.39, 0.29) is 0 Å². The van der Waals surface area contributed by atoms with E-state index in [1.165, 1.54) is 5.56 Å². The van der Waals surface area contributed by atoms with E-state index in [0.29, 0.717) is 16.3 Å². The van der Waals surface area contributed by atoms with Crippen LogP contribution < -0.4 is 0 Å². The summed E-state index contributed by atoms with van der Waals surface area (Å²) in [5.41, 5.74) is 3.78. The average molecular weight is 327 g/mol. The SMILES string of the molecule is S=c1nc2c(n[nH]1)c1cc(Cl)ccc1n2Cc1ccccc1. The van der Waals surface area contributed by atoms with Crippen LogP contribution in [0.15, 0.2) is 48.5 Å². The van der Waals surface area contributed by atoms with Gasteiger partial charge in [-0.3, -0.25) is 5.10 Å². The number of aromatic nitrogens is 4. The third-order valence-electron chi connectivity index (χ3n) is 3.63. The van der Waals surface area contributed by atoms with E-state index in [9.17, 15) is 0 Å². The minimum atomic E-state index is 0.371. The van der Waals surface area contributed by atoms with E-state index < -0.39 is 0 Å². The van der Waals surface area contributed by atoms with Crippen molar-refractivity contribution >= 4 is 45.9 Å². The first-order valence-corrected chi connectivity index (χ1v) is 7.59. The maximum atomic E-state index is 6.13. The summed E-state index contributed by atoms with van der Waals surface area (Å²) < 4.78 is 2.49. The van der Waals surface area contributed by atoms with Crippen molar-refractivity contribution in [1.29, 1.82) is 0 Å². The first-order valence-electron chi connectivity index (χ1n) is 6.80. The van der Waals surface area contributed by atoms with Crippen molar-refractivity contribution in [2.75, 3.05) is 0 Å². The zero-order chi connectivity index (χ0) is 15.1. The fourth-order valence-corrected chi connectivity index (χ4v) is 2.97. The Bertz CT molecular complexity index is 1040. The van der Waals surface area contributed by atoms with Gasteiger partial charge in [-0.2, -0.15) is 10.1 Å². The molecule has 4 nitrogen and oxygen atoms in total. The molecule has 0 saturated carbocycles. The topological polar surface area (TPSA) is 46.5 Å². The molecule has 0 radical (unpaired) electrons. The second kappa shape index (κ2) is 5.19. The fraction of sp³-hybridized carbons (Fsp3) is 0.0625. The van der Waals surface area contributed by atoms with Gasteiger partial charge in [0.15, 0.2) is 5.65 Å². The maximum Gasteiger partial charge on any atom is 0.215 e. The molecule has 0 saturated heterocycles. The molecule has 0 fully saturated rings. The van der Waals surface area contributed by atoms with Crippen LogP contribution in [0.25, 0.3) is 22.1 Å². The van der Waals surface area contributed by atoms with Gasteiger partial charge >= 0.3 is 0 Å². The molecule has 108 valence electrons. The Morgan fingerprint density at radius 1 is 1.14 bits per heavy atom. The van der Waals surface area contributed by atoms with Crippen LogP contribution >= 0.6 is 23.8 Å². The second-order valence-corrected chi connectivity index (χ2v) is 5.87. The zero-order valence-electron chi connectivity index (χ0n) is 11.5. The van der Waals surface area contributed by atoms with Gasteiger partial charge in [0.1, 0.15) is 5.52 Å². The largest absolute Gasteiger partial charge is 0.319 e. The van der Waals surface area contributed by atoms with Crippen LogP contribution in [0.3, 0.4) is 0 Å². The Labute approximate surface area is 136 Å². The number of hydrogen-bond donors (Lipinski definition) is 1. The number of aromatic amines is 1. The lowest BCUT2D eigenvalue weighted by molar-refractivity contribution is 0.845. The van der Waals surface area contributed by atoms with Crippen LogP contribution in [0.1, 0.15) is 5.56 Å². The van der Waals surface area contributed by atoms with Gasteiger partial charge < -0.3 is 4.57 Å². The monoisotopic (exact) mass is 326 g/mol. The van der Waals surface area contributed by atoms with E-state index in [0.717, 1.165) is 22.1 Å². The Morgan fingerprint density at radius 3 is 2.77 bits per heavy atom. The molecule has 6 heteroatoms. The van der Waals surface area contributed by atoms with Gasteiger partial charge in [0.25, 0.3) is 0 Å². The van der Waals surface area contributed by atoms with Crippen molar-refractivity contribution in [2.24, 2.45) is 0 Å². The Morgan fingerprint density at radius 2 is 1.95 bits per heavy atom. The number of hydrogen-bond acceptors (Lipinski definition) is 3. The first kappa shape index (κ1) is 13.4. The lowest BCUT2D eigenvalue weighted by Gasteiger charge is -2.06. The smallest absolute Gasteiger partial charge is 0.215 e. The normalized spacial score (nSPS) is 11.3. The fourth-order valence-electron chi connectivity index (χ4n) is 2.67. The van der Waals surface area contributed by atoms with Crippen molar-refractivity contribution in [3.8, 4) is 0 Å². The third-order valence-corrected chi connectivity index (χ3v) is 4.04. The molecule has 0 aliphatic rings. The molecule has 0 bridgehead atoms. The molecule has 22 heavy (non-hydrogen) atoms. The molecule has 4 aromatic rings. The molecule has 4 rings (SSSR count). The average Bonchev–Trinajstić information content (AvgIpc) is 2.81. The summed E-state index contributed by atoms with van der Waals surface area (Å²) in [6.07, 6.45) is 0. The highest BCUT2D eigenvalue weighted by molar-refractivity contribution is 7.71. The van der Waals surface area contributed by atoms with Gasteiger partial charge in [0, 0.05) is 17.0 Å². The van der Waals surface area contributed by atoms with Gasteiger partial charge in [0.2, 0.25) is 4.77 Å². The predicted molar refractivity (Wildman–Crippen MR) is 90.8 cm³/mol. The lowest BCUT2D eigenvalue weighted by atomic mass is 10.2. The van der Waals surface area contributed by atoms with Crippen molar-refractivity contribution < 1.29 is 0 Å². The summed E-state index contributed by atoms with van der Waals surface area (Å²) in [4.78, 5) is 4.46. The van der Waals surface area contributed by atoms with Gasteiger partial charge in [-0.25, -0.2) is 0 Å². The summed E-state index contributed by atoms with van der Waals surface area (Å²) in [5.74, 6) is 0. The number of H-pyrrole nitrogens is 1. The van der Waals surface area contributed by atoms with E-state index in [2.05, 4.69) is 31.9 Å². The standard InChI is InChI=1S/C16H11ClN4S/c17-11-6-7-13-12(8-11)14-15(18-16(22)20-19-14)21(13)9-10-4-2-1-3-5-10/h1-8H,9H2,(H,18,20,22). The minimum absolute atomic E-state index is 0.371. The van der Waals surface area contributed by atoms with Crippen molar-refractivity contribution in [2.45, 2.75) is 6.54 Å². The van der Waals surface area contributed by atoms with Crippen LogP contribution in [-0.2, 0) is 6.54 Å². The van der Waals surface area contributed by atoms with Crippen molar-refractivity contribution in [1.82, 2.24) is 19.7 Å². The highest BCUT2D eigenvalue weighted by Gasteiger charge is 2.14. The Kier molecular flexibility index (Phi) is 3.17. The molecule has 0 spiro atoms. The number of fused-ring (bicyclic) bond motifs is 3. The molecule has 1 N–H and O–H groups in total. The van der Waals surface area contributed by atoms with E-state index >= 15 is 0 Å². The molecule has 0 aliphatic carbocycles. The molecular weight excluding hydrogens is 316 g/mol. The summed E-state index contributed by atoms with van der Waals surface area (Å²) in [6, 6.07) is 16.0. The first-order chi connectivity index (χ1) is 10.7. The van der Waals surface area contributed by atoms with Crippen LogP contribution in [0, 0.1) is 4.77 Å². The van der Waals surface area contributed by atoms with E-state index in [1.807, 2.05) is 36.4 Å². The van der Waals surface area contributed by atoms with E-state index in [1.54, 1.807) is 0 Å². The van der Waals surface area contributed by atoms with Crippen LogP contribution in [-0.4, -0.2) is 19.7 Å². The molecule has 0 amide bonds. The summed E-state index contributed by atoms with van der Waals surface area (Å²) >= 11 is 11.3. The highest BCUT2D eigenvalue weighted by Crippen LogP contribution is 2.28. The Balaban J connectivity index is 2.05. The number of rotatable bonds is 2. The predicted octanol–water partition coefficient (Wildman–Crippen LogP) is 4.34. The Hall–Kier alpha value is -2.24. The maximum absolute atomic E-state index is 6.13. The zero-order valence-corrected chi connectivity index (χ0v) is 13.0. The summed E-state index contributed by atoms with van der Waals surface area (Å²) in [5, 5.41) is 8.75. The summed E-state index contributed by atoms with van der Waals surface area (Å²) in [7, 11) is 0. The van der Waals surface area contributed by atoms with Gasteiger partial charge in [-0.15, -0.1) is 0 Å². The van der Waals surface area contributed by atoms with Gasteiger partial charge in [-0.05, 0) is 36.0 Å². The quantitative estimate of drug-likeness (QED) is 0.557. The molecular formula is C16H11ClN4S. The molecule has 0 unspecified atom stereocenters. The lowest BCUT2D eigenvalue weighted by Crippen LogP contribution is -2.01. The molecule has 0 aliphatic heterocycles. The van der Waals surface area contributed by atoms with E-state index in [4.69, 9.17) is 23.8 Å². The van der Waals surface area contributed by atoms with Crippen LogP contribution in [0.4, 0.5) is 0 Å². The highest BCUT2D eigenvalue weighted by atomic mass is 35.5. The number of halogens is 1. The molecule has 0 atom stereocenters. The molecule has 2 aromatic carbocycles. The van der Waals surface area contributed by atoms with Gasteiger partial charge in [0.05, 0.1) is 5.52 Å². The number of benzene rings is 2. The number of nitrogens with zero attached hydrogens (tertiary/aromatic N) is 3. The molecule has 2 aromatic heterocycles. The van der Waals surface area contributed by atoms with Gasteiger partial charge in [-0.1, -0.05) is 41.9 Å². The van der Waals surface area contributed by atoms with Crippen molar-refractivity contribution in [3.63, 3.8) is 0 Å². The third kappa shape index (κ3) is 2.19. The van der Waals surface area contributed by atoms with Crippen LogP contribution in [0.2, 0.25) is 5.02 Å².